The fraction of sp³-hybridized carbons (Fsp3) is 0.412. The molecule has 3 heterocycles. The van der Waals surface area contributed by atoms with Crippen molar-refractivity contribution in [3.8, 4) is 5.82 Å². The van der Waals surface area contributed by atoms with Gasteiger partial charge in [0.25, 0.3) is 5.56 Å². The van der Waals surface area contributed by atoms with Gasteiger partial charge in [0.05, 0.1) is 25.9 Å². The van der Waals surface area contributed by atoms with Crippen molar-refractivity contribution < 1.29 is 14.3 Å². The second-order valence-electron chi connectivity index (χ2n) is 6.07. The topological polar surface area (TPSA) is 118 Å². The van der Waals surface area contributed by atoms with Crippen molar-refractivity contribution in [1.29, 1.82) is 0 Å². The predicted octanol–water partition coefficient (Wildman–Crippen LogP) is -0.953. The Bertz CT molecular complexity index is 945. The van der Waals surface area contributed by atoms with E-state index >= 15 is 0 Å². The first-order valence-electron chi connectivity index (χ1n) is 8.14. The number of ether oxygens (including phenoxy) is 2. The van der Waals surface area contributed by atoms with Crippen LogP contribution in [0.3, 0.4) is 0 Å². The van der Waals surface area contributed by atoms with Crippen LogP contribution in [0.25, 0.3) is 5.82 Å². The van der Waals surface area contributed by atoms with Crippen LogP contribution in [-0.2, 0) is 40.8 Å². The summed E-state index contributed by atoms with van der Waals surface area (Å²) in [4.78, 5) is 40.9. The zero-order valence-electron chi connectivity index (χ0n) is 14.6. The third kappa shape index (κ3) is 3.18. The molecule has 0 aliphatic carbocycles. The number of hydrogen-bond donors (Lipinski definition) is 1. The van der Waals surface area contributed by atoms with Crippen LogP contribution < -0.4 is 17.0 Å². The van der Waals surface area contributed by atoms with E-state index in [9.17, 15) is 14.4 Å². The zero-order valence-corrected chi connectivity index (χ0v) is 14.6. The SMILES string of the molecule is COC(=O)[C@@H](N)Cc1ccc(-n2c(=O)c3c(n(C)c2=O)CCOC3)nc1. The van der Waals surface area contributed by atoms with Crippen LogP contribution >= 0.6 is 0 Å². The van der Waals surface area contributed by atoms with Crippen molar-refractivity contribution >= 4 is 5.97 Å². The van der Waals surface area contributed by atoms with Gasteiger partial charge in [0.2, 0.25) is 0 Å². The van der Waals surface area contributed by atoms with E-state index in [1.54, 1.807) is 19.2 Å². The first-order chi connectivity index (χ1) is 12.4. The summed E-state index contributed by atoms with van der Waals surface area (Å²) in [5.74, 6) is -0.312. The number of methoxy groups -OCH3 is 1. The van der Waals surface area contributed by atoms with Gasteiger partial charge >= 0.3 is 11.7 Å². The van der Waals surface area contributed by atoms with E-state index in [0.29, 0.717) is 29.8 Å². The van der Waals surface area contributed by atoms with Gasteiger partial charge in [0, 0.05) is 25.4 Å². The van der Waals surface area contributed by atoms with E-state index in [-0.39, 0.29) is 18.8 Å². The largest absolute Gasteiger partial charge is 0.468 e. The molecule has 26 heavy (non-hydrogen) atoms. The highest BCUT2D eigenvalue weighted by molar-refractivity contribution is 5.75. The second kappa shape index (κ2) is 7.22. The summed E-state index contributed by atoms with van der Waals surface area (Å²) < 4.78 is 12.4. The summed E-state index contributed by atoms with van der Waals surface area (Å²) in [5.41, 5.74) is 6.71. The van der Waals surface area contributed by atoms with Gasteiger partial charge in [-0.15, -0.1) is 0 Å². The normalized spacial score (nSPS) is 14.6. The molecular formula is C17H20N4O5. The van der Waals surface area contributed by atoms with Gasteiger partial charge in [0.15, 0.2) is 0 Å². The van der Waals surface area contributed by atoms with Crippen LogP contribution in [0.2, 0.25) is 0 Å². The molecule has 0 fully saturated rings. The maximum absolute atomic E-state index is 12.7. The minimum atomic E-state index is -0.802. The summed E-state index contributed by atoms with van der Waals surface area (Å²) in [7, 11) is 2.90. The molecule has 0 radical (unpaired) electrons. The van der Waals surface area contributed by atoms with Gasteiger partial charge in [-0.3, -0.25) is 14.2 Å². The first kappa shape index (κ1) is 18.0. The number of hydrogen-bond acceptors (Lipinski definition) is 7. The Morgan fingerprint density at radius 2 is 2.19 bits per heavy atom. The molecule has 2 aromatic rings. The third-order valence-corrected chi connectivity index (χ3v) is 4.42. The molecule has 138 valence electrons. The van der Waals surface area contributed by atoms with E-state index in [0.717, 1.165) is 4.57 Å². The van der Waals surface area contributed by atoms with Crippen molar-refractivity contribution in [1.82, 2.24) is 14.1 Å². The lowest BCUT2D eigenvalue weighted by Gasteiger charge is -2.20. The Labute approximate surface area is 149 Å². The number of carbonyl (C=O) groups is 1. The maximum Gasteiger partial charge on any atom is 0.336 e. The lowest BCUT2D eigenvalue weighted by atomic mass is 10.1. The first-order valence-corrected chi connectivity index (χ1v) is 8.14. The smallest absolute Gasteiger partial charge is 0.336 e. The average molecular weight is 360 g/mol. The predicted molar refractivity (Wildman–Crippen MR) is 92.1 cm³/mol. The summed E-state index contributed by atoms with van der Waals surface area (Å²) in [6, 6.07) is 2.43. The minimum Gasteiger partial charge on any atom is -0.468 e. The van der Waals surface area contributed by atoms with Crippen LogP contribution in [-0.4, -0.2) is 39.8 Å². The molecule has 3 rings (SSSR count). The lowest BCUT2D eigenvalue weighted by molar-refractivity contribution is -0.142. The average Bonchev–Trinajstić information content (AvgIpc) is 2.67. The van der Waals surface area contributed by atoms with E-state index in [1.807, 2.05) is 0 Å². The molecule has 1 aliphatic heterocycles. The van der Waals surface area contributed by atoms with Crippen molar-refractivity contribution in [2.24, 2.45) is 12.8 Å². The molecule has 0 unspecified atom stereocenters. The van der Waals surface area contributed by atoms with Gasteiger partial charge in [-0.2, -0.15) is 0 Å². The number of aromatic nitrogens is 3. The molecule has 2 aromatic heterocycles. The Balaban J connectivity index is 1.98. The summed E-state index contributed by atoms with van der Waals surface area (Å²) in [6.07, 6.45) is 2.25. The number of carbonyl (C=O) groups excluding carboxylic acids is 1. The maximum atomic E-state index is 12.7. The van der Waals surface area contributed by atoms with Gasteiger partial charge in [-0.05, 0) is 18.1 Å². The number of fused-ring (bicyclic) bond motifs is 1. The number of nitrogens with two attached hydrogens (primary N) is 1. The van der Waals surface area contributed by atoms with Crippen molar-refractivity contribution in [2.75, 3.05) is 13.7 Å². The van der Waals surface area contributed by atoms with Crippen LogP contribution in [0.5, 0.6) is 0 Å². The molecule has 0 saturated heterocycles. The Morgan fingerprint density at radius 3 is 2.85 bits per heavy atom. The molecule has 9 nitrogen and oxygen atoms in total. The van der Waals surface area contributed by atoms with Gasteiger partial charge in [-0.1, -0.05) is 6.07 Å². The fourth-order valence-electron chi connectivity index (χ4n) is 2.98. The Morgan fingerprint density at radius 1 is 1.42 bits per heavy atom. The minimum absolute atomic E-state index is 0.175. The molecule has 9 heteroatoms. The molecule has 1 aliphatic rings. The molecule has 0 aromatic carbocycles. The van der Waals surface area contributed by atoms with Crippen LogP contribution in [0.15, 0.2) is 27.9 Å². The van der Waals surface area contributed by atoms with Crippen LogP contribution in [0, 0.1) is 0 Å². The van der Waals surface area contributed by atoms with Crippen molar-refractivity contribution in [3.63, 3.8) is 0 Å². The third-order valence-electron chi connectivity index (χ3n) is 4.42. The lowest BCUT2D eigenvalue weighted by Crippen LogP contribution is -2.43. The Hall–Kier alpha value is -2.78. The highest BCUT2D eigenvalue weighted by Crippen LogP contribution is 2.12. The molecule has 0 spiro atoms. The van der Waals surface area contributed by atoms with E-state index < -0.39 is 23.3 Å². The Kier molecular flexibility index (Phi) is 5.01. The standard InChI is InChI=1S/C17H20N4O5/c1-20-13-5-6-26-9-11(13)15(22)21(17(20)24)14-4-3-10(8-19-14)7-12(18)16(23)25-2/h3-4,8,12H,5-7,9,18H2,1-2H3/t12-/m0/s1. The summed E-state index contributed by atoms with van der Waals surface area (Å²) in [6.45, 7) is 0.658. The highest BCUT2D eigenvalue weighted by Gasteiger charge is 2.22. The highest BCUT2D eigenvalue weighted by atomic mass is 16.5. The van der Waals surface area contributed by atoms with Crippen molar-refractivity contribution in [3.05, 3.63) is 56.0 Å². The van der Waals surface area contributed by atoms with Crippen molar-refractivity contribution in [2.45, 2.75) is 25.5 Å². The van der Waals surface area contributed by atoms with Gasteiger partial charge < -0.3 is 15.2 Å². The fourth-order valence-corrected chi connectivity index (χ4v) is 2.98. The van der Waals surface area contributed by atoms with E-state index in [2.05, 4.69) is 9.72 Å². The molecule has 1 atom stereocenters. The van der Waals surface area contributed by atoms with Crippen LogP contribution in [0.1, 0.15) is 16.8 Å². The number of nitrogens with zero attached hydrogens (tertiary/aromatic N) is 3. The molecule has 2 N–H and O–H groups in total. The van der Waals surface area contributed by atoms with Crippen LogP contribution in [0.4, 0.5) is 0 Å². The van der Waals surface area contributed by atoms with Gasteiger partial charge in [0.1, 0.15) is 11.9 Å². The molecule has 0 saturated carbocycles. The number of esters is 1. The van der Waals surface area contributed by atoms with E-state index in [4.69, 9.17) is 10.5 Å². The molecule has 0 bridgehead atoms. The molecular weight excluding hydrogens is 340 g/mol. The quantitative estimate of drug-likeness (QED) is 0.698. The molecule has 0 amide bonds. The monoisotopic (exact) mass is 360 g/mol. The second-order valence-corrected chi connectivity index (χ2v) is 6.07. The van der Waals surface area contributed by atoms with Gasteiger partial charge in [-0.25, -0.2) is 14.3 Å². The summed E-state index contributed by atoms with van der Waals surface area (Å²) in [5, 5.41) is 0. The van der Waals surface area contributed by atoms with E-state index in [1.165, 1.54) is 17.9 Å². The zero-order chi connectivity index (χ0) is 18.8. The number of rotatable bonds is 4. The number of pyridine rings is 1. The summed E-state index contributed by atoms with van der Waals surface area (Å²) >= 11 is 0.